The highest BCUT2D eigenvalue weighted by molar-refractivity contribution is 7.99. The van der Waals surface area contributed by atoms with Gasteiger partial charge in [-0.2, -0.15) is 0 Å². The third kappa shape index (κ3) is 2.12. The first-order valence-corrected chi connectivity index (χ1v) is 7.12. The summed E-state index contributed by atoms with van der Waals surface area (Å²) in [5.41, 5.74) is 2.11. The fraction of sp³-hybridized carbons (Fsp3) is 0.200. The molecule has 0 saturated carbocycles. The van der Waals surface area contributed by atoms with Crippen LogP contribution in [0.3, 0.4) is 0 Å². The van der Waals surface area contributed by atoms with Gasteiger partial charge in [-0.25, -0.2) is 4.98 Å². The zero-order valence-corrected chi connectivity index (χ0v) is 11.7. The van der Waals surface area contributed by atoms with Crippen molar-refractivity contribution < 1.29 is 4.79 Å². The lowest BCUT2D eigenvalue weighted by molar-refractivity contribution is -0.114. The Morgan fingerprint density at radius 1 is 1.26 bits per heavy atom. The summed E-state index contributed by atoms with van der Waals surface area (Å²) in [4.78, 5) is 15.8. The van der Waals surface area contributed by atoms with Crippen LogP contribution in [-0.4, -0.2) is 21.1 Å². The first-order valence-electron chi connectivity index (χ1n) is 6.13. The average Bonchev–Trinajstić information content (AvgIpc) is 2.74. The Balaban J connectivity index is 2.19. The van der Waals surface area contributed by atoms with Crippen molar-refractivity contribution in [1.82, 2.24) is 9.55 Å². The molecule has 0 saturated heterocycles. The number of Topliss-reactive ketones (excluding diaryl/α,β-unsaturated/α-hetero) is 1. The Bertz CT molecular complexity index is 776. The molecule has 0 spiro atoms. The molecule has 3 aromatic rings. The highest BCUT2D eigenvalue weighted by Crippen LogP contribution is 2.28. The Kier molecular flexibility index (Phi) is 3.03. The van der Waals surface area contributed by atoms with E-state index in [-0.39, 0.29) is 5.78 Å². The number of benzene rings is 2. The molecule has 2 aromatic carbocycles. The van der Waals surface area contributed by atoms with Gasteiger partial charge in [0.1, 0.15) is 5.78 Å². The molecule has 0 bridgehead atoms. The van der Waals surface area contributed by atoms with Gasteiger partial charge in [0.15, 0.2) is 5.16 Å². The van der Waals surface area contributed by atoms with Crippen LogP contribution >= 0.6 is 11.8 Å². The lowest BCUT2D eigenvalue weighted by Crippen LogP contribution is -1.97. The summed E-state index contributed by atoms with van der Waals surface area (Å²) in [5.74, 6) is 0.636. The van der Waals surface area contributed by atoms with E-state index in [1.807, 2.05) is 19.2 Å². The summed E-state index contributed by atoms with van der Waals surface area (Å²) >= 11 is 1.49. The lowest BCUT2D eigenvalue weighted by Gasteiger charge is -2.00. The van der Waals surface area contributed by atoms with Crippen LogP contribution in [0.4, 0.5) is 0 Å². The third-order valence-corrected chi connectivity index (χ3v) is 4.31. The van der Waals surface area contributed by atoms with Crippen LogP contribution < -0.4 is 0 Å². The van der Waals surface area contributed by atoms with E-state index in [9.17, 15) is 4.79 Å². The largest absolute Gasteiger partial charge is 0.322 e. The number of imidazole rings is 1. The number of rotatable bonds is 3. The van der Waals surface area contributed by atoms with Crippen molar-refractivity contribution in [3.8, 4) is 0 Å². The van der Waals surface area contributed by atoms with Gasteiger partial charge in [-0.3, -0.25) is 4.79 Å². The molecule has 0 aliphatic heterocycles. The summed E-state index contributed by atoms with van der Waals surface area (Å²) in [5, 5.41) is 3.24. The van der Waals surface area contributed by atoms with E-state index in [1.54, 1.807) is 6.92 Å². The number of thioether (sulfide) groups is 1. The van der Waals surface area contributed by atoms with Crippen molar-refractivity contribution in [1.29, 1.82) is 0 Å². The molecule has 3 rings (SSSR count). The molecule has 0 atom stereocenters. The Labute approximate surface area is 115 Å². The number of carbonyl (C=O) groups is 1. The maximum Gasteiger partial charge on any atom is 0.169 e. The molecule has 4 heteroatoms. The highest BCUT2D eigenvalue weighted by Gasteiger charge is 2.11. The van der Waals surface area contributed by atoms with Gasteiger partial charge in [0, 0.05) is 12.4 Å². The van der Waals surface area contributed by atoms with Crippen LogP contribution in [0.25, 0.3) is 21.8 Å². The number of aryl methyl sites for hydroxylation is 1. The quantitative estimate of drug-likeness (QED) is 0.684. The highest BCUT2D eigenvalue weighted by atomic mass is 32.2. The molecule has 0 aliphatic rings. The van der Waals surface area contributed by atoms with Crippen molar-refractivity contribution in [3.63, 3.8) is 0 Å². The van der Waals surface area contributed by atoms with Gasteiger partial charge in [0.25, 0.3) is 0 Å². The topological polar surface area (TPSA) is 34.9 Å². The van der Waals surface area contributed by atoms with Crippen molar-refractivity contribution >= 4 is 39.4 Å². The minimum absolute atomic E-state index is 0.168. The van der Waals surface area contributed by atoms with Crippen molar-refractivity contribution in [2.45, 2.75) is 12.1 Å². The SMILES string of the molecule is CC(=O)CSc1nc2c3ccccc3ccc2n1C. The summed E-state index contributed by atoms with van der Waals surface area (Å²) in [6.07, 6.45) is 0. The number of ketones is 1. The van der Waals surface area contributed by atoms with Crippen LogP contribution in [0.2, 0.25) is 0 Å². The fourth-order valence-corrected chi connectivity index (χ4v) is 2.98. The third-order valence-electron chi connectivity index (χ3n) is 3.14. The van der Waals surface area contributed by atoms with Gasteiger partial charge < -0.3 is 4.57 Å². The summed E-state index contributed by atoms with van der Waals surface area (Å²) in [7, 11) is 1.99. The first-order chi connectivity index (χ1) is 9.16. The number of nitrogens with zero attached hydrogens (tertiary/aromatic N) is 2. The van der Waals surface area contributed by atoms with Crippen LogP contribution in [0.5, 0.6) is 0 Å². The standard InChI is InChI=1S/C15H14N2OS/c1-10(18)9-19-15-16-14-12-6-4-3-5-11(12)7-8-13(14)17(15)2/h3-8H,9H2,1-2H3. The van der Waals surface area contributed by atoms with Gasteiger partial charge in [0.05, 0.1) is 16.8 Å². The lowest BCUT2D eigenvalue weighted by atomic mass is 10.1. The minimum Gasteiger partial charge on any atom is -0.322 e. The fourth-order valence-electron chi connectivity index (χ4n) is 2.20. The van der Waals surface area contributed by atoms with E-state index in [4.69, 9.17) is 0 Å². The van der Waals surface area contributed by atoms with Gasteiger partial charge in [-0.1, -0.05) is 42.1 Å². The molecule has 1 heterocycles. The van der Waals surface area contributed by atoms with E-state index >= 15 is 0 Å². The molecule has 3 nitrogen and oxygen atoms in total. The van der Waals surface area contributed by atoms with Crippen molar-refractivity contribution in [2.75, 3.05) is 5.75 Å². The summed E-state index contributed by atoms with van der Waals surface area (Å²) in [6.45, 7) is 1.60. The zero-order chi connectivity index (χ0) is 13.4. The van der Waals surface area contributed by atoms with Crippen LogP contribution in [0.1, 0.15) is 6.92 Å². The first kappa shape index (κ1) is 12.2. The molecule has 0 radical (unpaired) electrons. The number of fused-ring (bicyclic) bond motifs is 3. The van der Waals surface area contributed by atoms with Crippen molar-refractivity contribution in [3.05, 3.63) is 36.4 Å². The normalized spacial score (nSPS) is 11.3. The minimum atomic E-state index is 0.168. The number of aromatic nitrogens is 2. The number of carbonyl (C=O) groups excluding carboxylic acids is 1. The smallest absolute Gasteiger partial charge is 0.169 e. The number of hydrogen-bond donors (Lipinski definition) is 0. The average molecular weight is 270 g/mol. The number of hydrogen-bond acceptors (Lipinski definition) is 3. The maximum absolute atomic E-state index is 11.1. The van der Waals surface area contributed by atoms with Crippen molar-refractivity contribution in [2.24, 2.45) is 7.05 Å². The Morgan fingerprint density at radius 2 is 2.05 bits per heavy atom. The van der Waals surface area contributed by atoms with Gasteiger partial charge in [-0.05, 0) is 18.4 Å². The Morgan fingerprint density at radius 3 is 2.84 bits per heavy atom. The predicted molar refractivity (Wildman–Crippen MR) is 79.6 cm³/mol. The molecular weight excluding hydrogens is 256 g/mol. The predicted octanol–water partition coefficient (Wildman–Crippen LogP) is 3.41. The molecule has 19 heavy (non-hydrogen) atoms. The van der Waals surface area contributed by atoms with E-state index in [0.717, 1.165) is 21.6 Å². The maximum atomic E-state index is 11.1. The van der Waals surface area contributed by atoms with Gasteiger partial charge in [-0.15, -0.1) is 0 Å². The molecule has 0 N–H and O–H groups in total. The van der Waals surface area contributed by atoms with E-state index in [2.05, 4.69) is 33.8 Å². The molecule has 0 fully saturated rings. The zero-order valence-electron chi connectivity index (χ0n) is 10.9. The summed E-state index contributed by atoms with van der Waals surface area (Å²) < 4.78 is 2.05. The van der Waals surface area contributed by atoms with E-state index < -0.39 is 0 Å². The monoisotopic (exact) mass is 270 g/mol. The molecule has 0 aliphatic carbocycles. The van der Waals surface area contributed by atoms with Crippen LogP contribution in [0.15, 0.2) is 41.6 Å². The van der Waals surface area contributed by atoms with Crippen LogP contribution in [0, 0.1) is 0 Å². The molecular formula is C15H14N2OS. The molecule has 96 valence electrons. The van der Waals surface area contributed by atoms with E-state index in [0.29, 0.717) is 5.75 Å². The molecule has 0 unspecified atom stereocenters. The molecule has 1 aromatic heterocycles. The summed E-state index contributed by atoms with van der Waals surface area (Å²) in [6, 6.07) is 12.4. The van der Waals surface area contributed by atoms with Gasteiger partial charge >= 0.3 is 0 Å². The van der Waals surface area contributed by atoms with Gasteiger partial charge in [0.2, 0.25) is 0 Å². The second kappa shape index (κ2) is 4.70. The Hall–Kier alpha value is -1.81. The second-order valence-corrected chi connectivity index (χ2v) is 5.54. The van der Waals surface area contributed by atoms with E-state index in [1.165, 1.54) is 17.1 Å². The second-order valence-electron chi connectivity index (χ2n) is 4.60. The molecule has 0 amide bonds. The van der Waals surface area contributed by atoms with Crippen LogP contribution in [-0.2, 0) is 11.8 Å².